The summed E-state index contributed by atoms with van der Waals surface area (Å²) < 4.78 is 5.95. The Morgan fingerprint density at radius 2 is 2.00 bits per heavy atom. The lowest BCUT2D eigenvalue weighted by molar-refractivity contribution is -0.165. The Bertz CT molecular complexity index is 739. The summed E-state index contributed by atoms with van der Waals surface area (Å²) in [6.45, 7) is 9.41. The van der Waals surface area contributed by atoms with E-state index < -0.39 is 42.2 Å². The summed E-state index contributed by atoms with van der Waals surface area (Å²) in [5.41, 5.74) is 0.224. The number of carboxylic acid groups (broad SMARTS) is 1. The fourth-order valence-corrected chi connectivity index (χ4v) is 4.83. The van der Waals surface area contributed by atoms with Crippen molar-refractivity contribution in [3.05, 3.63) is 36.5 Å². The average molecular weight is 451 g/mol. The molecule has 7 nitrogen and oxygen atoms in total. The van der Waals surface area contributed by atoms with Crippen molar-refractivity contribution in [2.45, 2.75) is 83.7 Å². The first-order valence-corrected chi connectivity index (χ1v) is 11.4. The molecule has 4 N–H and O–H groups in total. The zero-order valence-corrected chi connectivity index (χ0v) is 19.3. The van der Waals surface area contributed by atoms with Crippen LogP contribution in [-0.4, -0.2) is 56.8 Å². The molecule has 7 heteroatoms. The Morgan fingerprint density at radius 1 is 1.31 bits per heavy atom. The average Bonchev–Trinajstić information content (AvgIpc) is 2.66. The van der Waals surface area contributed by atoms with Crippen LogP contribution in [0.1, 0.15) is 59.3 Å². The zero-order valence-electron chi connectivity index (χ0n) is 19.3. The van der Waals surface area contributed by atoms with Crippen LogP contribution in [0, 0.1) is 23.2 Å². The largest absolute Gasteiger partial charge is 0.481 e. The van der Waals surface area contributed by atoms with E-state index in [0.29, 0.717) is 25.7 Å². The minimum atomic E-state index is -1.10. The van der Waals surface area contributed by atoms with Gasteiger partial charge in [0.15, 0.2) is 0 Å². The summed E-state index contributed by atoms with van der Waals surface area (Å²) in [6.07, 6.45) is 5.89. The van der Waals surface area contributed by atoms with E-state index in [2.05, 4.69) is 19.6 Å². The second kappa shape index (κ2) is 11.3. The molecule has 0 fully saturated rings. The molecule has 0 radical (unpaired) electrons. The van der Waals surface area contributed by atoms with Crippen molar-refractivity contribution < 1.29 is 34.8 Å². The van der Waals surface area contributed by atoms with E-state index in [-0.39, 0.29) is 30.1 Å². The maximum absolute atomic E-state index is 12.9. The Kier molecular flexibility index (Phi) is 9.25. The molecule has 2 aliphatic carbocycles. The molecule has 0 aromatic carbocycles. The minimum absolute atomic E-state index is 0.00345. The van der Waals surface area contributed by atoms with Gasteiger partial charge >= 0.3 is 11.9 Å². The van der Waals surface area contributed by atoms with Crippen molar-refractivity contribution in [1.82, 2.24) is 0 Å². The SMILES string of the molecule is C=CCC(C)(C)C(=O)O[C@H]1C[C@H](O)C=C2C=C[C@H](C)[C@H](CC[C@@H](O)C[C@@H](O)CC(=O)O)[C@H]21. The molecule has 0 heterocycles. The number of aliphatic hydroxyl groups is 3. The smallest absolute Gasteiger partial charge is 0.312 e. The van der Waals surface area contributed by atoms with Crippen LogP contribution >= 0.6 is 0 Å². The third kappa shape index (κ3) is 7.02. The van der Waals surface area contributed by atoms with Gasteiger partial charge in [0, 0.05) is 12.3 Å². The van der Waals surface area contributed by atoms with Crippen LogP contribution in [0.3, 0.4) is 0 Å². The van der Waals surface area contributed by atoms with Crippen LogP contribution in [0.2, 0.25) is 0 Å². The molecule has 0 saturated heterocycles. The highest BCUT2D eigenvalue weighted by atomic mass is 16.5. The molecule has 7 atom stereocenters. The second-order valence-corrected chi connectivity index (χ2v) is 9.92. The summed E-state index contributed by atoms with van der Waals surface area (Å²) in [4.78, 5) is 23.6. The van der Waals surface area contributed by atoms with Gasteiger partial charge in [0.25, 0.3) is 0 Å². The predicted molar refractivity (Wildman–Crippen MR) is 121 cm³/mol. The van der Waals surface area contributed by atoms with Gasteiger partial charge in [-0.05, 0) is 56.9 Å². The van der Waals surface area contributed by atoms with Crippen LogP contribution in [0.5, 0.6) is 0 Å². The third-order valence-electron chi connectivity index (χ3n) is 6.63. The zero-order chi connectivity index (χ0) is 24.1. The molecule has 0 aromatic heterocycles. The van der Waals surface area contributed by atoms with Gasteiger partial charge in [-0.2, -0.15) is 0 Å². The molecule has 0 amide bonds. The summed E-state index contributed by atoms with van der Waals surface area (Å²) in [5.74, 6) is -1.28. The Labute approximate surface area is 190 Å². The van der Waals surface area contributed by atoms with E-state index in [9.17, 15) is 24.9 Å². The van der Waals surface area contributed by atoms with E-state index in [1.54, 1.807) is 6.08 Å². The number of esters is 1. The standard InChI is InChI=1S/C25H38O7/c1-5-10-25(3,4)24(31)32-21-13-18(27)11-16-7-6-15(2)20(23(16)21)9-8-17(26)12-19(28)14-22(29)30/h5-7,11,15,17-21,23,26-28H,1,8-10,12-14H2,2-4H3,(H,29,30)/t15-,17+,18+,19+,20-,21-,23-/m0/s1. The lowest BCUT2D eigenvalue weighted by Crippen LogP contribution is -2.44. The van der Waals surface area contributed by atoms with Gasteiger partial charge in [0.1, 0.15) is 6.10 Å². The molecule has 2 rings (SSSR count). The van der Waals surface area contributed by atoms with Crippen molar-refractivity contribution in [1.29, 1.82) is 0 Å². The number of carbonyl (C=O) groups excluding carboxylic acids is 1. The van der Waals surface area contributed by atoms with Crippen LogP contribution < -0.4 is 0 Å². The van der Waals surface area contributed by atoms with Crippen LogP contribution in [-0.2, 0) is 14.3 Å². The summed E-state index contributed by atoms with van der Waals surface area (Å²) in [7, 11) is 0. The van der Waals surface area contributed by atoms with Crippen LogP contribution in [0.25, 0.3) is 0 Å². The topological polar surface area (TPSA) is 124 Å². The lowest BCUT2D eigenvalue weighted by Gasteiger charge is -2.43. The number of hydrogen-bond acceptors (Lipinski definition) is 6. The molecule has 0 spiro atoms. The van der Waals surface area contributed by atoms with Gasteiger partial charge in [-0.15, -0.1) is 6.58 Å². The maximum Gasteiger partial charge on any atom is 0.312 e. The van der Waals surface area contributed by atoms with E-state index in [1.165, 1.54) is 0 Å². The highest BCUT2D eigenvalue weighted by molar-refractivity contribution is 5.76. The van der Waals surface area contributed by atoms with Crippen LogP contribution in [0.15, 0.2) is 36.5 Å². The van der Waals surface area contributed by atoms with E-state index in [0.717, 1.165) is 5.57 Å². The molecule has 0 aromatic rings. The second-order valence-electron chi connectivity index (χ2n) is 9.92. The lowest BCUT2D eigenvalue weighted by atomic mass is 9.66. The fourth-order valence-electron chi connectivity index (χ4n) is 4.83. The number of fused-ring (bicyclic) bond motifs is 1. The highest BCUT2D eigenvalue weighted by Crippen LogP contribution is 2.44. The molecule has 0 unspecified atom stereocenters. The Balaban J connectivity index is 2.13. The van der Waals surface area contributed by atoms with Gasteiger partial charge in [-0.1, -0.05) is 31.2 Å². The first-order chi connectivity index (χ1) is 14.9. The van der Waals surface area contributed by atoms with Gasteiger partial charge in [0.2, 0.25) is 0 Å². The molecule has 0 saturated carbocycles. The van der Waals surface area contributed by atoms with Crippen molar-refractivity contribution >= 4 is 11.9 Å². The summed E-state index contributed by atoms with van der Waals surface area (Å²) >= 11 is 0. The van der Waals surface area contributed by atoms with E-state index in [1.807, 2.05) is 26.0 Å². The molecule has 0 aliphatic heterocycles. The number of carbonyl (C=O) groups is 2. The van der Waals surface area contributed by atoms with Crippen molar-refractivity contribution in [3.63, 3.8) is 0 Å². The highest BCUT2D eigenvalue weighted by Gasteiger charge is 2.43. The molecular weight excluding hydrogens is 412 g/mol. The van der Waals surface area contributed by atoms with Gasteiger partial charge < -0.3 is 25.2 Å². The molecular formula is C25H38O7. The fraction of sp³-hybridized carbons (Fsp3) is 0.680. The van der Waals surface area contributed by atoms with Gasteiger partial charge in [0.05, 0.1) is 30.1 Å². The van der Waals surface area contributed by atoms with Crippen LogP contribution in [0.4, 0.5) is 0 Å². The number of aliphatic hydroxyl groups excluding tert-OH is 3. The molecule has 32 heavy (non-hydrogen) atoms. The number of carboxylic acids is 1. The Hall–Kier alpha value is -1.96. The number of allylic oxidation sites excluding steroid dienone is 3. The monoisotopic (exact) mass is 450 g/mol. The minimum Gasteiger partial charge on any atom is -0.481 e. The molecule has 2 aliphatic rings. The first kappa shape index (κ1) is 26.3. The molecule has 0 bridgehead atoms. The first-order valence-electron chi connectivity index (χ1n) is 11.4. The maximum atomic E-state index is 12.9. The van der Waals surface area contributed by atoms with Gasteiger partial charge in [-0.25, -0.2) is 0 Å². The quantitative estimate of drug-likeness (QED) is 0.282. The van der Waals surface area contributed by atoms with Gasteiger partial charge in [-0.3, -0.25) is 9.59 Å². The summed E-state index contributed by atoms with van der Waals surface area (Å²) in [6, 6.07) is 0. The van der Waals surface area contributed by atoms with E-state index >= 15 is 0 Å². The van der Waals surface area contributed by atoms with Crippen molar-refractivity contribution in [3.8, 4) is 0 Å². The van der Waals surface area contributed by atoms with E-state index in [4.69, 9.17) is 9.84 Å². The number of ether oxygens (including phenoxy) is 1. The number of hydrogen-bond donors (Lipinski definition) is 4. The molecule has 180 valence electrons. The van der Waals surface area contributed by atoms with Crippen molar-refractivity contribution in [2.24, 2.45) is 23.2 Å². The number of aliphatic carboxylic acids is 1. The summed E-state index contributed by atoms with van der Waals surface area (Å²) in [5, 5.41) is 39.3. The normalized spacial score (nSPS) is 29.4. The number of rotatable bonds is 11. The van der Waals surface area contributed by atoms with Crippen molar-refractivity contribution in [2.75, 3.05) is 0 Å². The Morgan fingerprint density at radius 3 is 2.62 bits per heavy atom. The third-order valence-corrected chi connectivity index (χ3v) is 6.63. The predicted octanol–water partition coefficient (Wildman–Crippen LogP) is 3.00.